The second-order valence-electron chi connectivity index (χ2n) is 17.5. The van der Waals surface area contributed by atoms with E-state index in [9.17, 15) is 28.4 Å². The van der Waals surface area contributed by atoms with E-state index in [1.165, 1.54) is 19.2 Å². The van der Waals surface area contributed by atoms with E-state index in [1.807, 2.05) is 97.6 Å². The van der Waals surface area contributed by atoms with Crippen LogP contribution >= 0.6 is 0 Å². The number of carbonyl (C=O) groups excluding carboxylic acids is 5. The third-order valence-corrected chi connectivity index (χ3v) is 12.2. The van der Waals surface area contributed by atoms with Crippen molar-refractivity contribution < 1.29 is 33.1 Å². The standard InChI is InChI=1S/C50H62FN7O6/c1-7-55(8-2)43(36-14-10-9-11-15-36)48(62)58-31-13-17-42(58)45(59)52-38-24-18-34(19-25-38)32-56(39-28-22-37(51)23-29-39)33-35-20-26-40(27-21-35)57-30-12-16-41(57)46(60)54-47(61)44(50(3,4)5)53-49(63)64-6/h9-11,14-15,18-29,41-44H,7-8,12-13,16-17,30-33H2,1-6H3,(H,52,59)(H,53,63)(H,54,60,61)/t41-,42-,43+,44+/m0/s1. The molecule has 0 aliphatic carbocycles. The first kappa shape index (κ1) is 47.2. The lowest BCUT2D eigenvalue weighted by Gasteiger charge is -2.34. The quantitative estimate of drug-likeness (QED) is 0.105. The van der Waals surface area contributed by atoms with Crippen molar-refractivity contribution in [3.05, 3.63) is 126 Å². The van der Waals surface area contributed by atoms with Gasteiger partial charge in [-0.1, -0.05) is 89.2 Å². The van der Waals surface area contributed by atoms with Crippen LogP contribution in [-0.4, -0.2) is 90.9 Å². The monoisotopic (exact) mass is 875 g/mol. The average Bonchev–Trinajstić information content (AvgIpc) is 4.00. The first-order valence-electron chi connectivity index (χ1n) is 22.2. The Hall–Kier alpha value is -6.28. The summed E-state index contributed by atoms with van der Waals surface area (Å²) in [5.41, 5.74) is 4.49. The van der Waals surface area contributed by atoms with Crippen molar-refractivity contribution in [3.63, 3.8) is 0 Å². The number of halogens is 1. The summed E-state index contributed by atoms with van der Waals surface area (Å²) in [6.45, 7) is 13.0. The fourth-order valence-corrected chi connectivity index (χ4v) is 8.71. The van der Waals surface area contributed by atoms with Crippen LogP contribution < -0.4 is 25.8 Å². The molecule has 2 aliphatic rings. The van der Waals surface area contributed by atoms with E-state index in [0.29, 0.717) is 57.8 Å². The highest BCUT2D eigenvalue weighted by atomic mass is 19.1. The molecule has 0 bridgehead atoms. The Morgan fingerprint density at radius 1 is 0.766 bits per heavy atom. The number of nitrogens with one attached hydrogen (secondary N) is 3. The Labute approximate surface area is 376 Å². The number of rotatable bonds is 16. The van der Waals surface area contributed by atoms with E-state index < -0.39 is 47.5 Å². The predicted octanol–water partition coefficient (Wildman–Crippen LogP) is 7.43. The van der Waals surface area contributed by atoms with Gasteiger partial charge in [-0.3, -0.25) is 29.4 Å². The molecule has 340 valence electrons. The summed E-state index contributed by atoms with van der Waals surface area (Å²) in [6.07, 6.45) is 1.92. The highest BCUT2D eigenvalue weighted by Crippen LogP contribution is 2.31. The molecule has 4 aromatic carbocycles. The van der Waals surface area contributed by atoms with Crippen molar-refractivity contribution in [1.29, 1.82) is 0 Å². The molecule has 3 N–H and O–H groups in total. The van der Waals surface area contributed by atoms with Crippen LogP contribution in [-0.2, 0) is 37.0 Å². The van der Waals surface area contributed by atoms with Gasteiger partial charge in [0.1, 0.15) is 30.0 Å². The molecule has 4 aromatic rings. The molecular weight excluding hydrogens is 814 g/mol. The smallest absolute Gasteiger partial charge is 0.407 e. The van der Waals surface area contributed by atoms with Gasteiger partial charge in [0.2, 0.25) is 23.6 Å². The van der Waals surface area contributed by atoms with Crippen LogP contribution in [0.15, 0.2) is 103 Å². The average molecular weight is 876 g/mol. The molecule has 13 nitrogen and oxygen atoms in total. The molecule has 0 radical (unpaired) electrons. The number of hydrogen-bond acceptors (Lipinski definition) is 9. The summed E-state index contributed by atoms with van der Waals surface area (Å²) in [6, 6.07) is 29.1. The minimum absolute atomic E-state index is 0.0587. The zero-order valence-electron chi connectivity index (χ0n) is 37.8. The van der Waals surface area contributed by atoms with Gasteiger partial charge in [0.25, 0.3) is 0 Å². The normalized spacial score (nSPS) is 17.1. The van der Waals surface area contributed by atoms with Crippen molar-refractivity contribution in [2.45, 2.75) is 97.6 Å². The van der Waals surface area contributed by atoms with Crippen LogP contribution in [0.1, 0.15) is 83.0 Å². The molecule has 4 atom stereocenters. The van der Waals surface area contributed by atoms with Gasteiger partial charge in [-0.25, -0.2) is 9.18 Å². The molecule has 0 unspecified atom stereocenters. The molecule has 0 spiro atoms. The van der Waals surface area contributed by atoms with Crippen LogP contribution in [0, 0.1) is 11.2 Å². The second kappa shape index (κ2) is 21.4. The van der Waals surface area contributed by atoms with Gasteiger partial charge in [0.05, 0.1) is 7.11 Å². The van der Waals surface area contributed by atoms with Crippen molar-refractivity contribution in [2.24, 2.45) is 5.41 Å². The molecule has 64 heavy (non-hydrogen) atoms. The van der Waals surface area contributed by atoms with E-state index in [0.717, 1.165) is 40.9 Å². The zero-order chi connectivity index (χ0) is 46.0. The third-order valence-electron chi connectivity index (χ3n) is 12.2. The topological polar surface area (TPSA) is 144 Å². The molecule has 14 heteroatoms. The number of imide groups is 1. The Kier molecular flexibility index (Phi) is 15.8. The van der Waals surface area contributed by atoms with E-state index >= 15 is 0 Å². The summed E-state index contributed by atoms with van der Waals surface area (Å²) in [4.78, 5) is 74.6. The molecule has 2 heterocycles. The molecule has 0 saturated carbocycles. The zero-order valence-corrected chi connectivity index (χ0v) is 37.8. The summed E-state index contributed by atoms with van der Waals surface area (Å²) in [5.74, 6) is -1.63. The second-order valence-corrected chi connectivity index (χ2v) is 17.5. The summed E-state index contributed by atoms with van der Waals surface area (Å²) in [5, 5.41) is 8.13. The van der Waals surface area contributed by atoms with E-state index in [-0.39, 0.29) is 17.6 Å². The number of likely N-dealkylation sites (N-methyl/N-ethyl adjacent to an activating group) is 1. The van der Waals surface area contributed by atoms with Gasteiger partial charge in [-0.05, 0) is 109 Å². The minimum Gasteiger partial charge on any atom is -0.453 e. The highest BCUT2D eigenvalue weighted by Gasteiger charge is 2.40. The number of ether oxygens (including phenoxy) is 1. The van der Waals surface area contributed by atoms with E-state index in [1.54, 1.807) is 37.8 Å². The van der Waals surface area contributed by atoms with Crippen molar-refractivity contribution >= 4 is 46.8 Å². The van der Waals surface area contributed by atoms with E-state index in [4.69, 9.17) is 4.74 Å². The fraction of sp³-hybridized carbons (Fsp3) is 0.420. The first-order valence-corrected chi connectivity index (χ1v) is 22.2. The SMILES string of the molecule is CCN(CC)[C@@H](C(=O)N1CCC[C@H]1C(=O)Nc1ccc(CN(Cc2ccc(N3CCC[C@H]3C(=O)NC(=O)[C@@H](NC(=O)OC)C(C)(C)C)cc2)c2ccc(F)cc2)cc1)c1ccccc1. The lowest BCUT2D eigenvalue weighted by Crippen LogP contribution is -2.57. The summed E-state index contributed by atoms with van der Waals surface area (Å²) >= 11 is 0. The lowest BCUT2D eigenvalue weighted by atomic mass is 9.86. The van der Waals surface area contributed by atoms with E-state index in [2.05, 4.69) is 25.8 Å². The first-order chi connectivity index (χ1) is 30.7. The van der Waals surface area contributed by atoms with Crippen molar-refractivity contribution in [2.75, 3.05) is 48.4 Å². The van der Waals surface area contributed by atoms with Crippen LogP contribution in [0.25, 0.3) is 0 Å². The number of carbonyl (C=O) groups is 5. The highest BCUT2D eigenvalue weighted by molar-refractivity contribution is 6.02. The maximum absolute atomic E-state index is 14.1. The predicted molar refractivity (Wildman–Crippen MR) is 247 cm³/mol. The number of amides is 5. The maximum atomic E-state index is 14.1. The summed E-state index contributed by atoms with van der Waals surface area (Å²) < 4.78 is 18.8. The van der Waals surface area contributed by atoms with Crippen molar-refractivity contribution in [3.8, 4) is 0 Å². The Morgan fingerprint density at radius 2 is 1.36 bits per heavy atom. The number of alkyl carbamates (subject to hydrolysis) is 1. The Morgan fingerprint density at radius 3 is 1.95 bits per heavy atom. The van der Waals surface area contributed by atoms with Crippen LogP contribution in [0.4, 0.5) is 26.2 Å². The molecule has 5 amide bonds. The number of likely N-dealkylation sites (tertiary alicyclic amines) is 1. The van der Waals surface area contributed by atoms with Gasteiger partial charge in [0, 0.05) is 43.2 Å². The van der Waals surface area contributed by atoms with Gasteiger partial charge >= 0.3 is 6.09 Å². The Balaban J connectivity index is 1.11. The van der Waals surface area contributed by atoms with Crippen LogP contribution in [0.5, 0.6) is 0 Å². The largest absolute Gasteiger partial charge is 0.453 e. The molecule has 6 rings (SSSR count). The Bertz CT molecular complexity index is 2210. The lowest BCUT2D eigenvalue weighted by molar-refractivity contribution is -0.141. The molecule has 2 saturated heterocycles. The number of anilines is 3. The molecule has 2 aliphatic heterocycles. The molecular formula is C50H62FN7O6. The number of hydrogen-bond donors (Lipinski definition) is 3. The number of benzene rings is 4. The maximum Gasteiger partial charge on any atom is 0.407 e. The molecule has 2 fully saturated rings. The van der Waals surface area contributed by atoms with Gasteiger partial charge in [-0.2, -0.15) is 0 Å². The third kappa shape index (κ3) is 11.6. The van der Waals surface area contributed by atoms with Gasteiger partial charge < -0.3 is 30.1 Å². The molecule has 0 aromatic heterocycles. The number of methoxy groups -OCH3 is 1. The van der Waals surface area contributed by atoms with Gasteiger partial charge in [0.15, 0.2) is 0 Å². The van der Waals surface area contributed by atoms with Crippen molar-refractivity contribution in [1.82, 2.24) is 20.4 Å². The van der Waals surface area contributed by atoms with Crippen LogP contribution in [0.2, 0.25) is 0 Å². The fourth-order valence-electron chi connectivity index (χ4n) is 8.71. The van der Waals surface area contributed by atoms with Crippen LogP contribution in [0.3, 0.4) is 0 Å². The summed E-state index contributed by atoms with van der Waals surface area (Å²) in [7, 11) is 1.22. The van der Waals surface area contributed by atoms with Gasteiger partial charge in [-0.15, -0.1) is 0 Å². The number of nitrogens with zero attached hydrogens (tertiary/aromatic N) is 4. The minimum atomic E-state index is -0.982.